The summed E-state index contributed by atoms with van der Waals surface area (Å²) < 4.78 is 35.4. The SMILES string of the molecule is C=C1[C@@H](OCOCC[Si](C)(C)C)C[C@](C)(OCOC)[C@H]2C[C@@H](OC(=O)/C(C)=C\C)[C@H](C)[C@H]2[C@@H]1OC(C)=O. The Labute approximate surface area is 224 Å². The van der Waals surface area contributed by atoms with E-state index in [1.54, 1.807) is 20.1 Å². The van der Waals surface area contributed by atoms with Crippen LogP contribution in [-0.2, 0) is 38.0 Å². The fourth-order valence-electron chi connectivity index (χ4n) is 5.39. The summed E-state index contributed by atoms with van der Waals surface area (Å²) in [7, 11) is 0.368. The van der Waals surface area contributed by atoms with E-state index in [9.17, 15) is 9.59 Å². The zero-order valence-corrected chi connectivity index (χ0v) is 25.3. The summed E-state index contributed by atoms with van der Waals surface area (Å²) in [5.41, 5.74) is 0.528. The second-order valence-corrected chi connectivity index (χ2v) is 17.5. The molecule has 0 spiro atoms. The van der Waals surface area contributed by atoms with E-state index in [0.717, 1.165) is 6.04 Å². The molecule has 0 aromatic heterocycles. The first-order valence-corrected chi connectivity index (χ1v) is 17.0. The minimum Gasteiger partial charge on any atom is -0.459 e. The summed E-state index contributed by atoms with van der Waals surface area (Å²) in [6.45, 7) is 21.1. The molecule has 2 aliphatic carbocycles. The number of carbonyl (C=O) groups is 2. The van der Waals surface area contributed by atoms with Crippen molar-refractivity contribution >= 4 is 20.0 Å². The zero-order valence-electron chi connectivity index (χ0n) is 24.3. The van der Waals surface area contributed by atoms with Crippen molar-refractivity contribution in [1.82, 2.24) is 0 Å². The van der Waals surface area contributed by atoms with Crippen LogP contribution in [0.25, 0.3) is 0 Å². The Morgan fingerprint density at radius 2 is 1.84 bits per heavy atom. The molecule has 2 saturated carbocycles. The average molecular weight is 541 g/mol. The van der Waals surface area contributed by atoms with Gasteiger partial charge in [-0.3, -0.25) is 4.79 Å². The van der Waals surface area contributed by atoms with E-state index in [4.69, 9.17) is 28.4 Å². The van der Waals surface area contributed by atoms with E-state index in [1.807, 2.05) is 20.8 Å². The van der Waals surface area contributed by atoms with Gasteiger partial charge in [-0.15, -0.1) is 0 Å². The molecule has 0 aromatic carbocycles. The Morgan fingerprint density at radius 1 is 1.16 bits per heavy atom. The number of fused-ring (bicyclic) bond motifs is 1. The maximum absolute atomic E-state index is 12.6. The first-order chi connectivity index (χ1) is 17.2. The van der Waals surface area contributed by atoms with Gasteiger partial charge in [0.15, 0.2) is 0 Å². The predicted octanol–water partition coefficient (Wildman–Crippen LogP) is 5.10. The van der Waals surface area contributed by atoms with E-state index in [2.05, 4.69) is 26.2 Å². The quantitative estimate of drug-likeness (QED) is 0.0843. The number of allylic oxidation sites excluding steroid dienone is 1. The Kier molecular flexibility index (Phi) is 11.6. The van der Waals surface area contributed by atoms with Crippen molar-refractivity contribution in [3.8, 4) is 0 Å². The normalized spacial score (nSPS) is 32.6. The third kappa shape index (κ3) is 8.48. The molecule has 7 atom stereocenters. The number of rotatable bonds is 12. The summed E-state index contributed by atoms with van der Waals surface area (Å²) in [6, 6.07) is 1.04. The fourth-order valence-corrected chi connectivity index (χ4v) is 6.15. The number of carbonyl (C=O) groups excluding carboxylic acids is 2. The van der Waals surface area contributed by atoms with Gasteiger partial charge >= 0.3 is 11.9 Å². The number of ether oxygens (including phenoxy) is 6. The average Bonchev–Trinajstić information content (AvgIpc) is 3.10. The fraction of sp³-hybridized carbons (Fsp3) is 0.786. The lowest BCUT2D eigenvalue weighted by atomic mass is 9.76. The van der Waals surface area contributed by atoms with Crippen molar-refractivity contribution < 1.29 is 38.0 Å². The van der Waals surface area contributed by atoms with E-state index in [-0.39, 0.29) is 43.4 Å². The predicted molar refractivity (Wildman–Crippen MR) is 145 cm³/mol. The van der Waals surface area contributed by atoms with Crippen molar-refractivity contribution in [2.75, 3.05) is 27.3 Å². The molecular weight excluding hydrogens is 492 g/mol. The largest absolute Gasteiger partial charge is 0.459 e. The van der Waals surface area contributed by atoms with Crippen molar-refractivity contribution in [3.63, 3.8) is 0 Å². The smallest absolute Gasteiger partial charge is 0.333 e. The van der Waals surface area contributed by atoms with E-state index >= 15 is 0 Å². The zero-order chi connectivity index (χ0) is 28.0. The third-order valence-electron chi connectivity index (χ3n) is 7.81. The molecule has 0 heterocycles. The highest BCUT2D eigenvalue weighted by atomic mass is 28.3. The summed E-state index contributed by atoms with van der Waals surface area (Å²) in [5.74, 6) is -1.10. The first-order valence-electron chi connectivity index (χ1n) is 13.3. The molecule has 212 valence electrons. The second-order valence-electron chi connectivity index (χ2n) is 11.9. The van der Waals surface area contributed by atoms with Gasteiger partial charge in [-0.1, -0.05) is 39.2 Å². The molecule has 0 bridgehead atoms. The summed E-state index contributed by atoms with van der Waals surface area (Å²) in [4.78, 5) is 24.8. The lowest BCUT2D eigenvalue weighted by Gasteiger charge is -2.38. The Morgan fingerprint density at radius 3 is 2.41 bits per heavy atom. The number of methoxy groups -OCH3 is 1. The lowest BCUT2D eigenvalue weighted by Crippen LogP contribution is -2.43. The number of hydrogen-bond acceptors (Lipinski definition) is 8. The molecular formula is C28H48O8Si. The molecule has 2 rings (SSSR count). The van der Waals surface area contributed by atoms with Crippen molar-refractivity contribution in [2.24, 2.45) is 17.8 Å². The minimum atomic E-state index is -1.22. The van der Waals surface area contributed by atoms with Gasteiger partial charge in [0.1, 0.15) is 25.8 Å². The van der Waals surface area contributed by atoms with Crippen LogP contribution in [0.5, 0.6) is 0 Å². The molecule has 0 unspecified atom stereocenters. The summed E-state index contributed by atoms with van der Waals surface area (Å²) in [6.07, 6.45) is 1.39. The summed E-state index contributed by atoms with van der Waals surface area (Å²) in [5, 5.41) is 0. The standard InChI is InChI=1S/C28H48O8Si/c1-11-18(2)27(30)36-23-14-22-25(19(23)3)26(35-21(5)29)20(4)24(15-28(22,6)34-16-31-7)33-17-32-12-13-37(8,9)10/h11,19,22-26H,4,12-17H2,1-3,5-10H3/b18-11-/t19-,22-,23+,24-,25+,26+,28-/m0/s1. The van der Waals surface area contributed by atoms with Gasteiger partial charge in [0.05, 0.1) is 11.7 Å². The molecule has 0 N–H and O–H groups in total. The van der Waals surface area contributed by atoms with Crippen LogP contribution in [0.1, 0.15) is 47.5 Å². The number of esters is 2. The molecule has 37 heavy (non-hydrogen) atoms. The van der Waals surface area contributed by atoms with Crippen LogP contribution in [0.3, 0.4) is 0 Å². The van der Waals surface area contributed by atoms with E-state index in [1.165, 1.54) is 6.92 Å². The molecule has 0 amide bonds. The molecule has 0 saturated heterocycles. The maximum Gasteiger partial charge on any atom is 0.333 e. The molecule has 2 aliphatic rings. The van der Waals surface area contributed by atoms with Crippen LogP contribution in [0.4, 0.5) is 0 Å². The molecule has 0 radical (unpaired) electrons. The second kappa shape index (κ2) is 13.5. The summed E-state index contributed by atoms with van der Waals surface area (Å²) >= 11 is 0. The van der Waals surface area contributed by atoms with Crippen LogP contribution in [0, 0.1) is 17.8 Å². The van der Waals surface area contributed by atoms with Gasteiger partial charge in [0.2, 0.25) is 0 Å². The highest BCUT2D eigenvalue weighted by Crippen LogP contribution is 2.53. The van der Waals surface area contributed by atoms with Crippen LogP contribution >= 0.6 is 0 Å². The van der Waals surface area contributed by atoms with Crippen molar-refractivity contribution in [3.05, 3.63) is 23.8 Å². The Hall–Kier alpha value is -1.52. The molecule has 2 fully saturated rings. The van der Waals surface area contributed by atoms with Gasteiger partial charge < -0.3 is 28.4 Å². The minimum absolute atomic E-state index is 0.0936. The van der Waals surface area contributed by atoms with Crippen molar-refractivity contribution in [2.45, 2.75) is 97.1 Å². The molecule has 9 heteroatoms. The maximum atomic E-state index is 12.6. The third-order valence-corrected chi connectivity index (χ3v) is 9.51. The molecule has 0 aliphatic heterocycles. The monoisotopic (exact) mass is 540 g/mol. The van der Waals surface area contributed by atoms with Gasteiger partial charge in [-0.25, -0.2) is 4.79 Å². The van der Waals surface area contributed by atoms with Gasteiger partial charge in [-0.05, 0) is 44.7 Å². The Balaban J connectivity index is 2.34. The van der Waals surface area contributed by atoms with E-state index in [0.29, 0.717) is 30.6 Å². The van der Waals surface area contributed by atoms with Crippen LogP contribution in [0.2, 0.25) is 25.7 Å². The van der Waals surface area contributed by atoms with E-state index < -0.39 is 31.9 Å². The number of hydrogen-bond donors (Lipinski definition) is 0. The van der Waals surface area contributed by atoms with Gasteiger partial charge in [0, 0.05) is 52.5 Å². The lowest BCUT2D eigenvalue weighted by molar-refractivity contribution is -0.175. The van der Waals surface area contributed by atoms with Gasteiger partial charge in [-0.2, -0.15) is 0 Å². The topological polar surface area (TPSA) is 89.5 Å². The van der Waals surface area contributed by atoms with Crippen LogP contribution in [-0.4, -0.2) is 71.2 Å². The molecule has 0 aromatic rings. The molecule has 8 nitrogen and oxygen atoms in total. The van der Waals surface area contributed by atoms with Crippen molar-refractivity contribution in [1.29, 1.82) is 0 Å². The highest BCUT2D eigenvalue weighted by molar-refractivity contribution is 6.76. The van der Waals surface area contributed by atoms with Gasteiger partial charge in [0.25, 0.3) is 0 Å². The Bertz CT molecular complexity index is 835. The first kappa shape index (κ1) is 31.7. The highest BCUT2D eigenvalue weighted by Gasteiger charge is 2.58. The van der Waals surface area contributed by atoms with Crippen LogP contribution < -0.4 is 0 Å². The van der Waals surface area contributed by atoms with Crippen LogP contribution in [0.15, 0.2) is 23.8 Å².